The molecule has 8 heteroatoms. The first-order valence-electron chi connectivity index (χ1n) is 9.81. The summed E-state index contributed by atoms with van der Waals surface area (Å²) < 4.78 is 45.3. The van der Waals surface area contributed by atoms with Crippen LogP contribution >= 0.6 is 0 Å². The van der Waals surface area contributed by atoms with Crippen molar-refractivity contribution in [3.05, 3.63) is 42.0 Å². The van der Waals surface area contributed by atoms with Gasteiger partial charge in [-0.2, -0.15) is 0 Å². The Morgan fingerprint density at radius 2 is 1.97 bits per heavy atom. The van der Waals surface area contributed by atoms with Crippen LogP contribution in [0, 0.1) is 17.6 Å². The predicted molar refractivity (Wildman–Crippen MR) is 106 cm³/mol. The number of aromatic nitrogens is 1. The Kier molecular flexibility index (Phi) is 5.57. The molecular weight excluding hydrogens is 394 g/mol. The number of hydrogen-bond donors (Lipinski definition) is 1. The van der Waals surface area contributed by atoms with Gasteiger partial charge in [-0.05, 0) is 43.9 Å². The number of halogens is 2. The van der Waals surface area contributed by atoms with Crippen LogP contribution in [-0.4, -0.2) is 30.1 Å². The number of carbonyl (C=O) groups is 1. The molecule has 4 rings (SSSR count). The molecule has 1 fully saturated rings. The third-order valence-electron chi connectivity index (χ3n) is 4.73. The predicted octanol–water partition coefficient (Wildman–Crippen LogP) is 4.47. The van der Waals surface area contributed by atoms with Gasteiger partial charge in [0.1, 0.15) is 12.1 Å². The number of amides is 1. The largest absolute Gasteiger partial charge is 0.490 e. The summed E-state index contributed by atoms with van der Waals surface area (Å²) in [6.45, 7) is 3.75. The fourth-order valence-electron chi connectivity index (χ4n) is 3.01. The molecule has 1 amide bonds. The molecule has 158 valence electrons. The first-order valence-corrected chi connectivity index (χ1v) is 9.81. The van der Waals surface area contributed by atoms with Crippen molar-refractivity contribution in [2.75, 3.05) is 13.2 Å². The van der Waals surface area contributed by atoms with Crippen LogP contribution in [0.4, 0.5) is 8.78 Å². The zero-order chi connectivity index (χ0) is 21.3. The zero-order valence-corrected chi connectivity index (χ0v) is 16.7. The highest BCUT2D eigenvalue weighted by molar-refractivity contribution is 5.78. The van der Waals surface area contributed by atoms with E-state index in [0.717, 1.165) is 12.8 Å². The van der Waals surface area contributed by atoms with E-state index in [2.05, 4.69) is 10.3 Å². The molecule has 1 N–H and O–H groups in total. The van der Waals surface area contributed by atoms with E-state index in [4.69, 9.17) is 13.9 Å². The standard InChI is InChI=1S/C22H22F2N2O4/c1-12(25-13(2)27)10-28-20-9-21-18(8-17(20)24)26-22(30-21)15-5-6-19(16(23)7-15)29-11-14-3-4-14/h5-9,12,14H,3-4,10-11H2,1-2H3,(H,25,27)/t12-/m0/s1. The van der Waals surface area contributed by atoms with E-state index in [-0.39, 0.29) is 35.9 Å². The Balaban J connectivity index is 1.51. The second-order valence-corrected chi connectivity index (χ2v) is 7.58. The van der Waals surface area contributed by atoms with Crippen molar-refractivity contribution in [1.82, 2.24) is 10.3 Å². The van der Waals surface area contributed by atoms with Gasteiger partial charge in [0.15, 0.2) is 28.7 Å². The molecular formula is C22H22F2N2O4. The Hall–Kier alpha value is -3.16. The first kappa shape index (κ1) is 20.1. The lowest BCUT2D eigenvalue weighted by Gasteiger charge is -2.14. The monoisotopic (exact) mass is 416 g/mol. The fraction of sp³-hybridized carbons (Fsp3) is 0.364. The fourth-order valence-corrected chi connectivity index (χ4v) is 3.01. The lowest BCUT2D eigenvalue weighted by atomic mass is 10.2. The number of benzene rings is 2. The number of oxazole rings is 1. The van der Waals surface area contributed by atoms with Crippen molar-refractivity contribution in [1.29, 1.82) is 0 Å². The first-order chi connectivity index (χ1) is 14.4. The molecule has 0 spiro atoms. The molecule has 0 aliphatic heterocycles. The Morgan fingerprint density at radius 1 is 1.20 bits per heavy atom. The van der Waals surface area contributed by atoms with Crippen LogP contribution in [0.5, 0.6) is 11.5 Å². The summed E-state index contributed by atoms with van der Waals surface area (Å²) in [5, 5.41) is 2.66. The molecule has 1 saturated carbocycles. The average Bonchev–Trinajstić information content (AvgIpc) is 3.43. The number of ether oxygens (including phenoxy) is 2. The van der Waals surface area contributed by atoms with Crippen LogP contribution in [-0.2, 0) is 4.79 Å². The summed E-state index contributed by atoms with van der Waals surface area (Å²) in [4.78, 5) is 15.3. The molecule has 1 aromatic heterocycles. The van der Waals surface area contributed by atoms with Crippen molar-refractivity contribution < 1.29 is 27.5 Å². The Labute approximate surface area is 172 Å². The van der Waals surface area contributed by atoms with Crippen LogP contribution < -0.4 is 14.8 Å². The summed E-state index contributed by atoms with van der Waals surface area (Å²) in [7, 11) is 0. The van der Waals surface area contributed by atoms with E-state index in [1.807, 2.05) is 0 Å². The quantitative estimate of drug-likeness (QED) is 0.587. The molecule has 1 aliphatic rings. The van der Waals surface area contributed by atoms with Crippen molar-refractivity contribution in [3.8, 4) is 23.0 Å². The van der Waals surface area contributed by atoms with Gasteiger partial charge in [0, 0.05) is 24.6 Å². The van der Waals surface area contributed by atoms with E-state index in [1.165, 1.54) is 25.1 Å². The maximum Gasteiger partial charge on any atom is 0.227 e. The lowest BCUT2D eigenvalue weighted by Crippen LogP contribution is -2.35. The summed E-state index contributed by atoms with van der Waals surface area (Å²) >= 11 is 0. The van der Waals surface area contributed by atoms with Gasteiger partial charge in [0.2, 0.25) is 11.8 Å². The molecule has 1 aliphatic carbocycles. The molecule has 1 atom stereocenters. The van der Waals surface area contributed by atoms with Gasteiger partial charge in [0.05, 0.1) is 12.6 Å². The number of carbonyl (C=O) groups excluding carboxylic acids is 1. The van der Waals surface area contributed by atoms with Gasteiger partial charge in [-0.3, -0.25) is 4.79 Å². The van der Waals surface area contributed by atoms with Crippen LogP contribution in [0.1, 0.15) is 26.7 Å². The highest BCUT2D eigenvalue weighted by atomic mass is 19.1. The van der Waals surface area contributed by atoms with E-state index < -0.39 is 11.6 Å². The Bertz CT molecular complexity index is 1080. The van der Waals surface area contributed by atoms with Crippen molar-refractivity contribution in [2.45, 2.75) is 32.7 Å². The molecule has 1 heterocycles. The van der Waals surface area contributed by atoms with E-state index in [1.54, 1.807) is 19.1 Å². The smallest absolute Gasteiger partial charge is 0.227 e. The summed E-state index contributed by atoms with van der Waals surface area (Å²) in [5.41, 5.74) is 1.02. The van der Waals surface area contributed by atoms with Gasteiger partial charge < -0.3 is 19.2 Å². The second-order valence-electron chi connectivity index (χ2n) is 7.58. The molecule has 6 nitrogen and oxygen atoms in total. The zero-order valence-electron chi connectivity index (χ0n) is 16.7. The number of nitrogens with zero attached hydrogens (tertiary/aromatic N) is 1. The molecule has 2 aromatic carbocycles. The normalized spacial score (nSPS) is 14.5. The van der Waals surface area contributed by atoms with Crippen molar-refractivity contribution in [3.63, 3.8) is 0 Å². The van der Waals surface area contributed by atoms with Gasteiger partial charge in [-0.1, -0.05) is 0 Å². The van der Waals surface area contributed by atoms with E-state index in [0.29, 0.717) is 29.2 Å². The molecule has 0 saturated heterocycles. The number of rotatable bonds is 8. The molecule has 0 unspecified atom stereocenters. The van der Waals surface area contributed by atoms with Gasteiger partial charge in [-0.15, -0.1) is 0 Å². The summed E-state index contributed by atoms with van der Waals surface area (Å²) in [6, 6.07) is 6.79. The molecule has 3 aromatic rings. The lowest BCUT2D eigenvalue weighted by molar-refractivity contribution is -0.119. The SMILES string of the molecule is CC(=O)N[C@@H](C)COc1cc2oc(-c3ccc(OCC4CC4)c(F)c3)nc2cc1F. The van der Waals surface area contributed by atoms with Crippen molar-refractivity contribution in [2.24, 2.45) is 5.92 Å². The summed E-state index contributed by atoms with van der Waals surface area (Å²) in [5.74, 6) is -0.438. The average molecular weight is 416 g/mol. The number of hydrogen-bond acceptors (Lipinski definition) is 5. The maximum absolute atomic E-state index is 14.4. The van der Waals surface area contributed by atoms with Gasteiger partial charge in [-0.25, -0.2) is 13.8 Å². The third-order valence-corrected chi connectivity index (χ3v) is 4.73. The van der Waals surface area contributed by atoms with Gasteiger partial charge in [0.25, 0.3) is 0 Å². The minimum absolute atomic E-state index is 0.0163. The van der Waals surface area contributed by atoms with Gasteiger partial charge >= 0.3 is 0 Å². The Morgan fingerprint density at radius 3 is 2.67 bits per heavy atom. The van der Waals surface area contributed by atoms with Crippen molar-refractivity contribution >= 4 is 17.0 Å². The minimum Gasteiger partial charge on any atom is -0.490 e. The molecule has 30 heavy (non-hydrogen) atoms. The van der Waals surface area contributed by atoms with Crippen LogP contribution in [0.3, 0.4) is 0 Å². The highest BCUT2D eigenvalue weighted by Crippen LogP contribution is 2.33. The maximum atomic E-state index is 14.4. The van der Waals surface area contributed by atoms with Crippen LogP contribution in [0.25, 0.3) is 22.6 Å². The third kappa shape index (κ3) is 4.69. The molecule has 0 radical (unpaired) electrons. The number of nitrogens with one attached hydrogen (secondary N) is 1. The topological polar surface area (TPSA) is 73.6 Å². The van der Waals surface area contributed by atoms with Crippen LogP contribution in [0.2, 0.25) is 0 Å². The highest BCUT2D eigenvalue weighted by Gasteiger charge is 2.23. The minimum atomic E-state index is -0.604. The second kappa shape index (κ2) is 8.30. The van der Waals surface area contributed by atoms with E-state index in [9.17, 15) is 13.6 Å². The number of fused-ring (bicyclic) bond motifs is 1. The summed E-state index contributed by atoms with van der Waals surface area (Å²) in [6.07, 6.45) is 2.24. The molecule has 0 bridgehead atoms. The van der Waals surface area contributed by atoms with E-state index >= 15 is 0 Å². The van der Waals surface area contributed by atoms with Crippen LogP contribution in [0.15, 0.2) is 34.7 Å².